The van der Waals surface area contributed by atoms with Gasteiger partial charge in [0.25, 0.3) is 5.91 Å². The van der Waals surface area contributed by atoms with Gasteiger partial charge in [0, 0.05) is 18.5 Å². The quantitative estimate of drug-likeness (QED) is 0.463. The largest absolute Gasteiger partial charge is 0.335 e. The van der Waals surface area contributed by atoms with E-state index in [1.807, 2.05) is 6.26 Å². The van der Waals surface area contributed by atoms with Crippen LogP contribution in [0.1, 0.15) is 0 Å². The molecule has 4 rings (SSSR count). The predicted octanol–water partition coefficient (Wildman–Crippen LogP) is 3.91. The Morgan fingerprint density at radius 2 is 2.20 bits per heavy atom. The number of benzene rings is 1. The maximum Gasteiger partial charge on any atom is 0.323 e. The van der Waals surface area contributed by atoms with Crippen molar-refractivity contribution in [2.45, 2.75) is 10.9 Å². The number of halogens is 3. The lowest BCUT2D eigenvalue weighted by molar-refractivity contribution is -0.119. The normalized spacial score (nSPS) is 16.2. The molecule has 1 aliphatic rings. The SMILES string of the molecule is CSc1cc(N2C(=O)NC[C@H]2C(=O)N(C)c2ccc(F)c(Cl)c2F)nc2scnc12. The molecule has 3 heterocycles. The summed E-state index contributed by atoms with van der Waals surface area (Å²) in [6, 6.07) is 2.31. The van der Waals surface area contributed by atoms with Crippen LogP contribution >= 0.6 is 34.7 Å². The third-order valence-corrected chi connectivity index (χ3v) is 6.51. The van der Waals surface area contributed by atoms with Crippen LogP contribution in [0.15, 0.2) is 28.6 Å². The molecule has 3 amide bonds. The predicted molar refractivity (Wildman–Crippen MR) is 114 cm³/mol. The number of carbonyl (C=O) groups excluding carboxylic acids is 2. The van der Waals surface area contributed by atoms with E-state index in [0.717, 1.165) is 27.4 Å². The van der Waals surface area contributed by atoms with E-state index in [2.05, 4.69) is 15.3 Å². The number of carbonyl (C=O) groups is 2. The molecule has 0 saturated carbocycles. The first-order chi connectivity index (χ1) is 14.3. The number of fused-ring (bicyclic) bond motifs is 1. The zero-order valence-electron chi connectivity index (χ0n) is 15.6. The van der Waals surface area contributed by atoms with Crippen LogP contribution in [0.2, 0.25) is 5.02 Å². The minimum Gasteiger partial charge on any atom is -0.335 e. The van der Waals surface area contributed by atoms with Crippen molar-refractivity contribution in [1.29, 1.82) is 0 Å². The maximum absolute atomic E-state index is 14.4. The Kier molecular flexibility index (Phi) is 5.51. The summed E-state index contributed by atoms with van der Waals surface area (Å²) in [6.07, 6.45) is 1.87. The summed E-state index contributed by atoms with van der Waals surface area (Å²) in [6.45, 7) is 0.00949. The second-order valence-corrected chi connectivity index (χ2v) is 8.41. The first-order valence-electron chi connectivity index (χ1n) is 8.59. The van der Waals surface area contributed by atoms with Crippen molar-refractivity contribution in [3.63, 3.8) is 0 Å². The molecule has 0 radical (unpaired) electrons. The van der Waals surface area contributed by atoms with E-state index in [9.17, 15) is 18.4 Å². The maximum atomic E-state index is 14.4. The number of aromatic nitrogens is 2. The summed E-state index contributed by atoms with van der Waals surface area (Å²) in [5.41, 5.74) is 2.18. The molecule has 12 heteroatoms. The van der Waals surface area contributed by atoms with Crippen LogP contribution in [0.5, 0.6) is 0 Å². The van der Waals surface area contributed by atoms with Crippen LogP contribution in [-0.4, -0.2) is 47.8 Å². The van der Waals surface area contributed by atoms with Crippen molar-refractivity contribution in [3.05, 3.63) is 40.4 Å². The van der Waals surface area contributed by atoms with Crippen molar-refractivity contribution in [3.8, 4) is 0 Å². The summed E-state index contributed by atoms with van der Waals surface area (Å²) in [7, 11) is 1.34. The molecular formula is C18H14ClF2N5O2S2. The number of nitrogens with one attached hydrogen (secondary N) is 1. The van der Waals surface area contributed by atoms with E-state index < -0.39 is 34.6 Å². The number of hydrogen-bond acceptors (Lipinski definition) is 6. The third kappa shape index (κ3) is 3.36. The second kappa shape index (κ2) is 7.97. The number of nitrogens with zero attached hydrogens (tertiary/aromatic N) is 4. The van der Waals surface area contributed by atoms with Crippen molar-refractivity contribution in [2.24, 2.45) is 0 Å². The van der Waals surface area contributed by atoms with Crippen LogP contribution in [0, 0.1) is 11.6 Å². The third-order valence-electron chi connectivity index (χ3n) is 4.69. The van der Waals surface area contributed by atoms with Gasteiger partial charge in [-0.25, -0.2) is 23.5 Å². The summed E-state index contributed by atoms with van der Waals surface area (Å²) < 4.78 is 27.9. The Hall–Kier alpha value is -2.50. The van der Waals surface area contributed by atoms with Crippen LogP contribution in [0.3, 0.4) is 0 Å². The van der Waals surface area contributed by atoms with Gasteiger partial charge in [-0.1, -0.05) is 11.6 Å². The smallest absolute Gasteiger partial charge is 0.323 e. The molecule has 1 N–H and O–H groups in total. The molecular weight excluding hydrogens is 456 g/mol. The Morgan fingerprint density at radius 3 is 2.93 bits per heavy atom. The topological polar surface area (TPSA) is 78.4 Å². The fourth-order valence-electron chi connectivity index (χ4n) is 3.17. The number of likely N-dealkylation sites (N-methyl/N-ethyl adjacent to an activating group) is 1. The first-order valence-corrected chi connectivity index (χ1v) is 11.1. The van der Waals surface area contributed by atoms with Gasteiger partial charge in [0.1, 0.15) is 33.0 Å². The molecule has 2 aromatic heterocycles. The molecule has 1 fully saturated rings. The Labute approximate surface area is 183 Å². The first kappa shape index (κ1) is 20.8. The van der Waals surface area contributed by atoms with Crippen LogP contribution in [0.25, 0.3) is 10.3 Å². The summed E-state index contributed by atoms with van der Waals surface area (Å²) >= 11 is 8.40. The van der Waals surface area contributed by atoms with Crippen molar-refractivity contribution in [1.82, 2.24) is 15.3 Å². The minimum atomic E-state index is -1.05. The van der Waals surface area contributed by atoms with Crippen LogP contribution in [0.4, 0.5) is 25.1 Å². The van der Waals surface area contributed by atoms with Crippen molar-refractivity contribution < 1.29 is 18.4 Å². The highest BCUT2D eigenvalue weighted by Crippen LogP contribution is 2.33. The monoisotopic (exact) mass is 469 g/mol. The van der Waals surface area contributed by atoms with Crippen molar-refractivity contribution >= 4 is 68.5 Å². The van der Waals surface area contributed by atoms with Gasteiger partial charge in [0.2, 0.25) is 0 Å². The van der Waals surface area contributed by atoms with Crippen molar-refractivity contribution in [2.75, 3.05) is 29.6 Å². The summed E-state index contributed by atoms with van der Waals surface area (Å²) in [4.78, 5) is 38.1. The lowest BCUT2D eigenvalue weighted by atomic mass is 10.2. The van der Waals surface area contributed by atoms with E-state index in [1.165, 1.54) is 35.0 Å². The van der Waals surface area contributed by atoms with Gasteiger partial charge < -0.3 is 10.2 Å². The molecule has 0 unspecified atom stereocenters. The molecule has 156 valence electrons. The van der Waals surface area contributed by atoms with Gasteiger partial charge in [-0.3, -0.25) is 9.69 Å². The summed E-state index contributed by atoms with van der Waals surface area (Å²) in [5.74, 6) is -2.27. The van der Waals surface area contributed by atoms with Gasteiger partial charge in [-0.05, 0) is 24.5 Å². The zero-order chi connectivity index (χ0) is 21.6. The number of anilines is 2. The molecule has 0 bridgehead atoms. The zero-order valence-corrected chi connectivity index (χ0v) is 18.0. The average Bonchev–Trinajstić information content (AvgIpc) is 3.36. The minimum absolute atomic E-state index is 0.00949. The van der Waals surface area contributed by atoms with Gasteiger partial charge in [0.05, 0.1) is 11.2 Å². The number of pyridine rings is 1. The Bertz CT molecular complexity index is 1170. The highest BCUT2D eigenvalue weighted by atomic mass is 35.5. The standard InChI is InChI=1S/C18H14ClF2N5O2S2/c1-25(9-4-3-8(20)13(19)14(9)21)17(27)10-6-22-18(28)26(10)12-5-11(29-2)15-16(24-12)30-7-23-15/h3-5,7,10H,6H2,1-2H3,(H,22,28)/t10-/m0/s1. The second-order valence-electron chi connectivity index (χ2n) is 6.35. The highest BCUT2D eigenvalue weighted by Gasteiger charge is 2.40. The average molecular weight is 470 g/mol. The lowest BCUT2D eigenvalue weighted by Gasteiger charge is -2.27. The lowest BCUT2D eigenvalue weighted by Crippen LogP contribution is -2.47. The highest BCUT2D eigenvalue weighted by molar-refractivity contribution is 7.98. The molecule has 30 heavy (non-hydrogen) atoms. The van der Waals surface area contributed by atoms with E-state index in [4.69, 9.17) is 11.6 Å². The molecule has 0 spiro atoms. The number of amides is 3. The van der Waals surface area contributed by atoms with E-state index in [0.29, 0.717) is 4.83 Å². The molecule has 0 aliphatic carbocycles. The molecule has 7 nitrogen and oxygen atoms in total. The van der Waals surface area contributed by atoms with E-state index in [1.54, 1.807) is 11.6 Å². The fourth-order valence-corrected chi connectivity index (χ4v) is 4.64. The van der Waals surface area contributed by atoms with Gasteiger partial charge >= 0.3 is 6.03 Å². The Morgan fingerprint density at radius 1 is 1.43 bits per heavy atom. The van der Waals surface area contributed by atoms with E-state index in [-0.39, 0.29) is 18.1 Å². The number of hydrogen-bond donors (Lipinski definition) is 1. The molecule has 3 aromatic rings. The number of thioether (sulfide) groups is 1. The molecule has 1 saturated heterocycles. The Balaban J connectivity index is 1.71. The van der Waals surface area contributed by atoms with Gasteiger partial charge in [-0.2, -0.15) is 0 Å². The molecule has 1 aliphatic heterocycles. The van der Waals surface area contributed by atoms with Gasteiger partial charge in [-0.15, -0.1) is 23.1 Å². The van der Waals surface area contributed by atoms with Crippen LogP contribution in [-0.2, 0) is 4.79 Å². The molecule has 1 aromatic carbocycles. The number of thiazole rings is 1. The number of rotatable bonds is 4. The fraction of sp³-hybridized carbons (Fsp3) is 0.222. The van der Waals surface area contributed by atoms with Gasteiger partial charge in [0.15, 0.2) is 5.82 Å². The number of urea groups is 1. The van der Waals surface area contributed by atoms with Crippen LogP contribution < -0.4 is 15.1 Å². The summed E-state index contributed by atoms with van der Waals surface area (Å²) in [5, 5.41) is 1.92. The van der Waals surface area contributed by atoms with E-state index >= 15 is 0 Å². The molecule has 1 atom stereocenters.